The van der Waals surface area contributed by atoms with Crippen LogP contribution >= 0.6 is 11.6 Å². The van der Waals surface area contributed by atoms with Gasteiger partial charge in [0.25, 0.3) is 0 Å². The van der Waals surface area contributed by atoms with E-state index in [2.05, 4.69) is 23.8 Å². The Hall–Kier alpha value is -2.67. The van der Waals surface area contributed by atoms with E-state index in [4.69, 9.17) is 21.6 Å². The van der Waals surface area contributed by atoms with Crippen LogP contribution < -0.4 is 4.90 Å². The van der Waals surface area contributed by atoms with Crippen molar-refractivity contribution in [1.29, 1.82) is 0 Å². The van der Waals surface area contributed by atoms with Crippen molar-refractivity contribution >= 4 is 34.4 Å². The van der Waals surface area contributed by atoms with E-state index in [1.54, 1.807) is 6.92 Å². The molecular weight excluding hydrogens is 412 g/mol. The van der Waals surface area contributed by atoms with Gasteiger partial charge in [0.15, 0.2) is 5.65 Å². The summed E-state index contributed by atoms with van der Waals surface area (Å²) in [6.07, 6.45) is 3.96. The predicted octanol–water partition coefficient (Wildman–Crippen LogP) is 4.00. The highest BCUT2D eigenvalue weighted by molar-refractivity contribution is 6.30. The van der Waals surface area contributed by atoms with Gasteiger partial charge in [0.05, 0.1) is 17.3 Å². The van der Waals surface area contributed by atoms with Crippen molar-refractivity contribution in [1.82, 2.24) is 24.6 Å². The van der Waals surface area contributed by atoms with Gasteiger partial charge in [-0.2, -0.15) is 5.10 Å². The number of para-hydroxylation sites is 1. The summed E-state index contributed by atoms with van der Waals surface area (Å²) >= 11 is 6.00. The van der Waals surface area contributed by atoms with Gasteiger partial charge in [-0.3, -0.25) is 4.79 Å². The third-order valence-electron chi connectivity index (χ3n) is 5.82. The fraction of sp³-hybridized carbons (Fsp3) is 0.478. The van der Waals surface area contributed by atoms with Crippen molar-refractivity contribution in [3.8, 4) is 5.69 Å². The van der Waals surface area contributed by atoms with Crippen molar-refractivity contribution in [2.75, 3.05) is 31.1 Å². The molecule has 2 atom stereocenters. The van der Waals surface area contributed by atoms with Crippen LogP contribution in [-0.2, 0) is 4.79 Å². The number of nitrogens with zero attached hydrogens (tertiary/aromatic N) is 6. The SMILES string of the molecule is CCCC(C)c1nc(N2CCN(C(=O)C(C)Cl)CC2)c2cnn(-c3ccccc3)c2n1. The van der Waals surface area contributed by atoms with E-state index in [9.17, 15) is 4.79 Å². The van der Waals surface area contributed by atoms with Gasteiger partial charge < -0.3 is 9.80 Å². The average molecular weight is 441 g/mol. The van der Waals surface area contributed by atoms with E-state index in [1.165, 1.54) is 0 Å². The van der Waals surface area contributed by atoms with Crippen LogP contribution in [0.5, 0.6) is 0 Å². The van der Waals surface area contributed by atoms with Gasteiger partial charge in [0.2, 0.25) is 5.91 Å². The van der Waals surface area contributed by atoms with Gasteiger partial charge in [0.1, 0.15) is 17.0 Å². The largest absolute Gasteiger partial charge is 0.352 e. The van der Waals surface area contributed by atoms with Gasteiger partial charge in [-0.1, -0.05) is 38.5 Å². The lowest BCUT2D eigenvalue weighted by Crippen LogP contribution is -2.50. The number of halogens is 1. The molecule has 1 aliphatic rings. The number of rotatable bonds is 6. The van der Waals surface area contributed by atoms with Crippen molar-refractivity contribution in [3.63, 3.8) is 0 Å². The Kier molecular flexibility index (Phi) is 6.41. The minimum atomic E-state index is -0.497. The lowest BCUT2D eigenvalue weighted by molar-refractivity contribution is -0.130. The second kappa shape index (κ2) is 9.22. The molecule has 1 aliphatic heterocycles. The first-order valence-corrected chi connectivity index (χ1v) is 11.4. The maximum Gasteiger partial charge on any atom is 0.240 e. The molecule has 0 N–H and O–H groups in total. The number of hydrogen-bond donors (Lipinski definition) is 0. The summed E-state index contributed by atoms with van der Waals surface area (Å²) in [5.74, 6) is 1.99. The number of anilines is 1. The smallest absolute Gasteiger partial charge is 0.240 e. The van der Waals surface area contributed by atoms with Gasteiger partial charge >= 0.3 is 0 Å². The van der Waals surface area contributed by atoms with E-state index in [1.807, 2.05) is 46.1 Å². The Morgan fingerprint density at radius 1 is 1.10 bits per heavy atom. The molecule has 2 aromatic heterocycles. The Labute approximate surface area is 188 Å². The third kappa shape index (κ3) is 4.37. The van der Waals surface area contributed by atoms with Crippen molar-refractivity contribution in [3.05, 3.63) is 42.4 Å². The molecule has 31 heavy (non-hydrogen) atoms. The quantitative estimate of drug-likeness (QED) is 0.542. The number of piperazine rings is 1. The van der Waals surface area contributed by atoms with Gasteiger partial charge in [-0.05, 0) is 25.5 Å². The zero-order chi connectivity index (χ0) is 22.0. The molecule has 4 rings (SSSR count). The Morgan fingerprint density at radius 2 is 1.81 bits per heavy atom. The van der Waals surface area contributed by atoms with Crippen LogP contribution in [0.4, 0.5) is 5.82 Å². The first-order chi connectivity index (χ1) is 15.0. The molecule has 0 radical (unpaired) electrons. The van der Waals surface area contributed by atoms with Crippen LogP contribution in [0.25, 0.3) is 16.7 Å². The highest BCUT2D eigenvalue weighted by Gasteiger charge is 2.27. The summed E-state index contributed by atoms with van der Waals surface area (Å²) in [4.78, 5) is 26.3. The normalized spacial score (nSPS) is 16.5. The lowest BCUT2D eigenvalue weighted by Gasteiger charge is -2.36. The summed E-state index contributed by atoms with van der Waals surface area (Å²) in [7, 11) is 0. The maximum absolute atomic E-state index is 12.3. The maximum atomic E-state index is 12.3. The number of carbonyl (C=O) groups is 1. The van der Waals surface area contributed by atoms with Crippen LogP contribution in [0, 0.1) is 0 Å². The van der Waals surface area contributed by atoms with Gasteiger partial charge in [-0.15, -0.1) is 11.6 Å². The zero-order valence-corrected chi connectivity index (χ0v) is 19.1. The van der Waals surface area contributed by atoms with Crippen LogP contribution in [0.15, 0.2) is 36.5 Å². The second-order valence-electron chi connectivity index (χ2n) is 8.15. The molecule has 0 spiro atoms. The number of benzene rings is 1. The minimum absolute atomic E-state index is 0.0108. The Morgan fingerprint density at radius 3 is 2.45 bits per heavy atom. The van der Waals surface area contributed by atoms with E-state index in [-0.39, 0.29) is 11.8 Å². The number of amides is 1. The highest BCUT2D eigenvalue weighted by atomic mass is 35.5. The van der Waals surface area contributed by atoms with Crippen molar-refractivity contribution < 1.29 is 4.79 Å². The standard InChI is InChI=1S/C23H29ClN6O/c1-4-8-16(2)20-26-21(28-11-13-29(14-12-28)23(31)17(3)24)19-15-25-30(22(19)27-20)18-9-6-5-7-10-18/h5-7,9-10,15-17H,4,8,11-14H2,1-3H3. The monoisotopic (exact) mass is 440 g/mol. The molecule has 7 nitrogen and oxygen atoms in total. The molecular formula is C23H29ClN6O. The molecule has 3 heterocycles. The summed E-state index contributed by atoms with van der Waals surface area (Å²) in [6, 6.07) is 10.0. The second-order valence-corrected chi connectivity index (χ2v) is 8.81. The highest BCUT2D eigenvalue weighted by Crippen LogP contribution is 2.29. The van der Waals surface area contributed by atoms with E-state index >= 15 is 0 Å². The molecule has 3 aromatic rings. The summed E-state index contributed by atoms with van der Waals surface area (Å²) < 4.78 is 1.89. The minimum Gasteiger partial charge on any atom is -0.352 e. The number of hydrogen-bond acceptors (Lipinski definition) is 5. The fourth-order valence-electron chi connectivity index (χ4n) is 4.08. The molecule has 164 valence electrons. The number of carbonyl (C=O) groups excluding carboxylic acids is 1. The van der Waals surface area contributed by atoms with Crippen LogP contribution in [0.3, 0.4) is 0 Å². The lowest BCUT2D eigenvalue weighted by atomic mass is 10.1. The first-order valence-electron chi connectivity index (χ1n) is 11.0. The predicted molar refractivity (Wildman–Crippen MR) is 124 cm³/mol. The topological polar surface area (TPSA) is 67.2 Å². The van der Waals surface area contributed by atoms with E-state index < -0.39 is 5.38 Å². The molecule has 1 saturated heterocycles. The van der Waals surface area contributed by atoms with Gasteiger partial charge in [0, 0.05) is 32.1 Å². The van der Waals surface area contributed by atoms with Crippen molar-refractivity contribution in [2.45, 2.75) is 44.9 Å². The molecule has 2 unspecified atom stereocenters. The number of alkyl halides is 1. The number of aromatic nitrogens is 4. The molecule has 0 aliphatic carbocycles. The van der Waals surface area contributed by atoms with Crippen LogP contribution in [-0.4, -0.2) is 62.1 Å². The van der Waals surface area contributed by atoms with Crippen LogP contribution in [0.1, 0.15) is 45.4 Å². The molecule has 1 aromatic carbocycles. The molecule has 8 heteroatoms. The summed E-state index contributed by atoms with van der Waals surface area (Å²) in [5.41, 5.74) is 1.80. The van der Waals surface area contributed by atoms with E-state index in [0.29, 0.717) is 26.2 Å². The Balaban J connectivity index is 1.72. The molecule has 0 bridgehead atoms. The van der Waals surface area contributed by atoms with Crippen molar-refractivity contribution in [2.24, 2.45) is 0 Å². The molecule has 1 amide bonds. The summed E-state index contributed by atoms with van der Waals surface area (Å²) in [6.45, 7) is 8.76. The van der Waals surface area contributed by atoms with E-state index in [0.717, 1.165) is 41.2 Å². The Bertz CT molecular complexity index is 1040. The first kappa shape index (κ1) is 21.6. The van der Waals surface area contributed by atoms with Gasteiger partial charge in [-0.25, -0.2) is 14.6 Å². The average Bonchev–Trinajstić information content (AvgIpc) is 3.23. The third-order valence-corrected chi connectivity index (χ3v) is 6.01. The summed E-state index contributed by atoms with van der Waals surface area (Å²) in [5, 5.41) is 5.07. The molecule has 1 fully saturated rings. The molecule has 0 saturated carbocycles. The number of fused-ring (bicyclic) bond motifs is 1. The van der Waals surface area contributed by atoms with Crippen LogP contribution in [0.2, 0.25) is 0 Å². The zero-order valence-electron chi connectivity index (χ0n) is 18.3. The fourth-order valence-corrected chi connectivity index (χ4v) is 4.22.